The van der Waals surface area contributed by atoms with E-state index in [0.29, 0.717) is 12.8 Å². The van der Waals surface area contributed by atoms with E-state index in [1.165, 1.54) is 0 Å². The summed E-state index contributed by atoms with van der Waals surface area (Å²) in [6, 6.07) is -0.846. The summed E-state index contributed by atoms with van der Waals surface area (Å²) in [5.41, 5.74) is 0. The maximum Gasteiger partial charge on any atom is 0.220 e. The van der Waals surface area contributed by atoms with Crippen molar-refractivity contribution in [1.82, 2.24) is 5.32 Å². The lowest BCUT2D eigenvalue weighted by molar-refractivity contribution is -0.302. The summed E-state index contributed by atoms with van der Waals surface area (Å²) >= 11 is 0. The molecule has 60 heavy (non-hydrogen) atoms. The van der Waals surface area contributed by atoms with Crippen LogP contribution in [0.1, 0.15) is 136 Å². The molecule has 1 saturated heterocycles. The fraction of sp³-hybridized carbons (Fsp3) is 0.588. The van der Waals surface area contributed by atoms with E-state index in [4.69, 9.17) is 9.47 Å². The maximum absolute atomic E-state index is 12.9. The van der Waals surface area contributed by atoms with Crippen LogP contribution in [0.15, 0.2) is 122 Å². The molecule has 1 aliphatic heterocycles. The minimum Gasteiger partial charge on any atom is -0.394 e. The van der Waals surface area contributed by atoms with Crippen LogP contribution < -0.4 is 5.32 Å². The van der Waals surface area contributed by atoms with Crippen molar-refractivity contribution in [3.63, 3.8) is 0 Å². The van der Waals surface area contributed by atoms with Crippen LogP contribution in [0, 0.1) is 0 Å². The van der Waals surface area contributed by atoms with Crippen molar-refractivity contribution in [1.29, 1.82) is 0 Å². The number of ether oxygens (including phenoxy) is 2. The van der Waals surface area contributed by atoms with Gasteiger partial charge in [0, 0.05) is 6.42 Å². The molecule has 7 unspecified atom stereocenters. The third kappa shape index (κ3) is 29.8. The predicted octanol–water partition coefficient (Wildman–Crippen LogP) is 9.66. The Labute approximate surface area is 363 Å². The van der Waals surface area contributed by atoms with Crippen LogP contribution >= 0.6 is 0 Å². The number of carbonyl (C=O) groups is 1. The van der Waals surface area contributed by atoms with Gasteiger partial charge in [0.25, 0.3) is 0 Å². The largest absolute Gasteiger partial charge is 0.394 e. The molecule has 1 fully saturated rings. The molecule has 1 aliphatic rings. The van der Waals surface area contributed by atoms with E-state index in [1.54, 1.807) is 6.08 Å². The van der Waals surface area contributed by atoms with Crippen LogP contribution in [0.2, 0.25) is 0 Å². The van der Waals surface area contributed by atoms with Crippen LogP contribution in [0.3, 0.4) is 0 Å². The molecule has 0 bridgehead atoms. The van der Waals surface area contributed by atoms with Crippen molar-refractivity contribution in [3.8, 4) is 0 Å². The fourth-order valence-corrected chi connectivity index (χ4v) is 6.17. The van der Waals surface area contributed by atoms with Crippen molar-refractivity contribution in [3.05, 3.63) is 122 Å². The van der Waals surface area contributed by atoms with Gasteiger partial charge in [-0.05, 0) is 96.3 Å². The van der Waals surface area contributed by atoms with E-state index in [9.17, 15) is 30.3 Å². The molecule has 0 aromatic carbocycles. The topological polar surface area (TPSA) is 149 Å². The summed E-state index contributed by atoms with van der Waals surface area (Å²) in [6.45, 7) is 3.46. The molecule has 6 N–H and O–H groups in total. The molecule has 0 spiro atoms. The van der Waals surface area contributed by atoms with E-state index in [2.05, 4.69) is 129 Å². The number of nitrogens with one attached hydrogen (secondary N) is 1. The molecule has 0 aromatic rings. The fourth-order valence-electron chi connectivity index (χ4n) is 6.17. The molecule has 7 atom stereocenters. The van der Waals surface area contributed by atoms with Crippen LogP contribution in [0.25, 0.3) is 0 Å². The summed E-state index contributed by atoms with van der Waals surface area (Å²) in [7, 11) is 0. The quantitative estimate of drug-likeness (QED) is 0.0273. The van der Waals surface area contributed by atoms with E-state index < -0.39 is 49.5 Å². The number of carbonyl (C=O) groups excluding carboxylic acids is 1. The average molecular weight is 836 g/mol. The molecular formula is C51H81NO8. The summed E-state index contributed by atoms with van der Waals surface area (Å²) in [5, 5.41) is 54.0. The normalized spacial score (nSPS) is 21.8. The molecule has 1 heterocycles. The Hall–Kier alpha value is -3.41. The average Bonchev–Trinajstić information content (AvgIpc) is 3.25. The van der Waals surface area contributed by atoms with Gasteiger partial charge in [0.05, 0.1) is 25.4 Å². The van der Waals surface area contributed by atoms with E-state index in [0.717, 1.165) is 109 Å². The highest BCUT2D eigenvalue weighted by molar-refractivity contribution is 5.76. The first kappa shape index (κ1) is 54.6. The summed E-state index contributed by atoms with van der Waals surface area (Å²) in [5.74, 6) is -0.220. The Balaban J connectivity index is 2.32. The number of rotatable bonds is 35. The first-order valence-electron chi connectivity index (χ1n) is 22.8. The van der Waals surface area contributed by atoms with Gasteiger partial charge >= 0.3 is 0 Å². The van der Waals surface area contributed by atoms with Gasteiger partial charge in [0.2, 0.25) is 5.91 Å². The lowest BCUT2D eigenvalue weighted by atomic mass is 9.99. The summed E-state index contributed by atoms with van der Waals surface area (Å²) in [4.78, 5) is 12.9. The van der Waals surface area contributed by atoms with Gasteiger partial charge in [-0.1, -0.05) is 155 Å². The van der Waals surface area contributed by atoms with Gasteiger partial charge in [-0.25, -0.2) is 0 Å². The Morgan fingerprint density at radius 2 is 1.00 bits per heavy atom. The Bertz CT molecular complexity index is 1340. The minimum atomic E-state index is -1.58. The van der Waals surface area contributed by atoms with Crippen molar-refractivity contribution in [2.75, 3.05) is 13.2 Å². The molecule has 9 nitrogen and oxygen atoms in total. The zero-order chi connectivity index (χ0) is 43.7. The third-order valence-electron chi connectivity index (χ3n) is 9.76. The Morgan fingerprint density at radius 1 is 0.567 bits per heavy atom. The van der Waals surface area contributed by atoms with Crippen LogP contribution in [-0.2, 0) is 14.3 Å². The van der Waals surface area contributed by atoms with Gasteiger partial charge in [0.1, 0.15) is 24.4 Å². The molecule has 0 aromatic heterocycles. The highest BCUT2D eigenvalue weighted by Crippen LogP contribution is 2.22. The molecule has 338 valence electrons. The molecule has 0 radical (unpaired) electrons. The van der Waals surface area contributed by atoms with E-state index in [-0.39, 0.29) is 12.5 Å². The summed E-state index contributed by atoms with van der Waals surface area (Å²) in [6.07, 6.45) is 52.6. The second kappa shape index (κ2) is 39.7. The Kier molecular flexibility index (Phi) is 36.1. The van der Waals surface area contributed by atoms with Crippen LogP contribution in [-0.4, -0.2) is 87.5 Å². The maximum atomic E-state index is 12.9. The van der Waals surface area contributed by atoms with Gasteiger partial charge in [-0.3, -0.25) is 4.79 Å². The molecule has 9 heteroatoms. The number of allylic oxidation sites excluding steroid dienone is 19. The summed E-state index contributed by atoms with van der Waals surface area (Å²) < 4.78 is 11.1. The number of amides is 1. The zero-order valence-electron chi connectivity index (χ0n) is 36.9. The van der Waals surface area contributed by atoms with Crippen molar-refractivity contribution in [2.24, 2.45) is 0 Å². The molecule has 0 aliphatic carbocycles. The lowest BCUT2D eigenvalue weighted by Gasteiger charge is -2.40. The smallest absolute Gasteiger partial charge is 0.220 e. The number of hydrogen-bond acceptors (Lipinski definition) is 8. The molecule has 0 saturated carbocycles. The van der Waals surface area contributed by atoms with Gasteiger partial charge in [-0.15, -0.1) is 0 Å². The number of aliphatic hydroxyl groups excluding tert-OH is 5. The molecule has 1 amide bonds. The molecular weight excluding hydrogens is 755 g/mol. The standard InChI is InChI=1S/C51H81NO8/c1-3-5-7-9-11-13-15-16-17-18-19-20-21-22-23-24-25-26-27-28-29-30-31-33-35-37-39-41-47(55)52-44(43-59-51-50(58)49(57)48(56)46(42-53)60-51)45(54)40-38-36-34-32-14-12-10-8-6-4-2/h5-8,11,13-14,16-17,19-20,22-23,25-26,28-29,32,38,40,44-46,48-51,53-54,56-58H,3-4,9-10,12,15,18,21,24,27,30-31,33-37,39,41-43H2,1-2H3,(H,52,55)/b7-5-,8-6+,13-11-,17-16-,20-19-,23-22-,26-25-,29-28-,32-14+,40-38+. The second-order valence-corrected chi connectivity index (χ2v) is 15.1. The van der Waals surface area contributed by atoms with E-state index >= 15 is 0 Å². The van der Waals surface area contributed by atoms with Crippen LogP contribution in [0.5, 0.6) is 0 Å². The Morgan fingerprint density at radius 3 is 1.53 bits per heavy atom. The van der Waals surface area contributed by atoms with Crippen LogP contribution in [0.4, 0.5) is 0 Å². The first-order valence-corrected chi connectivity index (χ1v) is 22.8. The lowest BCUT2D eigenvalue weighted by Crippen LogP contribution is -2.60. The highest BCUT2D eigenvalue weighted by atomic mass is 16.7. The predicted molar refractivity (Wildman–Crippen MR) is 248 cm³/mol. The number of unbranched alkanes of at least 4 members (excludes halogenated alkanes) is 7. The number of hydrogen-bond donors (Lipinski definition) is 6. The first-order chi connectivity index (χ1) is 29.3. The van der Waals surface area contributed by atoms with Gasteiger partial charge in [-0.2, -0.15) is 0 Å². The van der Waals surface area contributed by atoms with Crippen molar-refractivity contribution < 1.29 is 39.8 Å². The minimum absolute atomic E-state index is 0.220. The van der Waals surface area contributed by atoms with E-state index in [1.807, 2.05) is 6.08 Å². The van der Waals surface area contributed by atoms with Crippen molar-refractivity contribution >= 4 is 5.91 Å². The van der Waals surface area contributed by atoms with Gasteiger partial charge in [0.15, 0.2) is 6.29 Å². The molecule has 1 rings (SSSR count). The highest BCUT2D eigenvalue weighted by Gasteiger charge is 2.44. The third-order valence-corrected chi connectivity index (χ3v) is 9.76. The zero-order valence-corrected chi connectivity index (χ0v) is 36.9. The second-order valence-electron chi connectivity index (χ2n) is 15.1. The van der Waals surface area contributed by atoms with Crippen molar-refractivity contribution in [2.45, 2.75) is 179 Å². The monoisotopic (exact) mass is 836 g/mol. The SMILES string of the molecule is CC/C=C\C/C=C\C/C=C\C/C=C\C/C=C\C/C=C\C/C=C\CCCCCCCC(=O)NC(COC1OC(CO)C(O)C(O)C1O)C(O)/C=C/CC/C=C/CC/C=C/CC. The van der Waals surface area contributed by atoms with Gasteiger partial charge < -0.3 is 40.3 Å². The number of aliphatic hydroxyl groups is 5.